The van der Waals surface area contributed by atoms with Crippen LogP contribution in [0.15, 0.2) is 70.1 Å². The third kappa shape index (κ3) is 4.35. The average molecular weight is 367 g/mol. The standard InChI is InChI=1S/C21H22FN3S/c1-3-23-21-25(20(15-26-21)18-11-7-8-12-19(18)22)24-16(2)13-14-17-9-5-4-6-10-17/h4-12,15H,3,13-14H2,1-2H3. The molecule has 0 saturated carbocycles. The zero-order chi connectivity index (χ0) is 18.4. The monoisotopic (exact) mass is 367 g/mol. The van der Waals surface area contributed by atoms with E-state index in [9.17, 15) is 4.39 Å². The van der Waals surface area contributed by atoms with Crippen LogP contribution in [0, 0.1) is 5.82 Å². The number of aryl methyl sites for hydroxylation is 1. The van der Waals surface area contributed by atoms with E-state index in [0.717, 1.165) is 29.0 Å². The Labute approximate surface area is 157 Å². The molecule has 1 aromatic heterocycles. The first-order valence-electron chi connectivity index (χ1n) is 8.73. The zero-order valence-corrected chi connectivity index (χ0v) is 15.8. The highest BCUT2D eigenvalue weighted by Gasteiger charge is 2.11. The average Bonchev–Trinajstić information content (AvgIpc) is 3.04. The van der Waals surface area contributed by atoms with E-state index < -0.39 is 0 Å². The van der Waals surface area contributed by atoms with E-state index in [2.05, 4.69) is 17.1 Å². The Morgan fingerprint density at radius 2 is 1.81 bits per heavy atom. The summed E-state index contributed by atoms with van der Waals surface area (Å²) in [5.74, 6) is -0.251. The van der Waals surface area contributed by atoms with E-state index in [-0.39, 0.29) is 5.82 Å². The molecule has 0 aliphatic carbocycles. The van der Waals surface area contributed by atoms with Gasteiger partial charge >= 0.3 is 0 Å². The van der Waals surface area contributed by atoms with E-state index >= 15 is 0 Å². The van der Waals surface area contributed by atoms with Crippen molar-refractivity contribution in [2.45, 2.75) is 26.7 Å². The third-order valence-electron chi connectivity index (χ3n) is 4.02. The second-order valence-electron chi connectivity index (χ2n) is 5.99. The molecule has 0 aliphatic heterocycles. The summed E-state index contributed by atoms with van der Waals surface area (Å²) in [6, 6.07) is 17.1. The van der Waals surface area contributed by atoms with Gasteiger partial charge in [0, 0.05) is 23.2 Å². The zero-order valence-electron chi connectivity index (χ0n) is 15.0. The fraction of sp³-hybridized carbons (Fsp3) is 0.238. The van der Waals surface area contributed by atoms with Gasteiger partial charge < -0.3 is 0 Å². The molecule has 134 valence electrons. The number of hydrogen-bond acceptors (Lipinski definition) is 3. The summed E-state index contributed by atoms with van der Waals surface area (Å²) in [7, 11) is 0. The molecule has 0 fully saturated rings. The molecule has 0 spiro atoms. The van der Waals surface area contributed by atoms with Gasteiger partial charge in [0.2, 0.25) is 4.80 Å². The minimum Gasteiger partial charge on any atom is -0.258 e. The maximum atomic E-state index is 14.3. The summed E-state index contributed by atoms with van der Waals surface area (Å²) in [6.45, 7) is 4.66. The van der Waals surface area contributed by atoms with Gasteiger partial charge in [-0.05, 0) is 44.4 Å². The van der Waals surface area contributed by atoms with Gasteiger partial charge in [-0.25, -0.2) is 9.07 Å². The quantitative estimate of drug-likeness (QED) is 0.541. The van der Waals surface area contributed by atoms with Crippen molar-refractivity contribution in [1.82, 2.24) is 4.68 Å². The van der Waals surface area contributed by atoms with Gasteiger partial charge in [0.25, 0.3) is 0 Å². The van der Waals surface area contributed by atoms with Crippen LogP contribution in [0.5, 0.6) is 0 Å². The lowest BCUT2D eigenvalue weighted by Gasteiger charge is -2.07. The smallest absolute Gasteiger partial charge is 0.206 e. The lowest BCUT2D eigenvalue weighted by atomic mass is 10.1. The van der Waals surface area contributed by atoms with Gasteiger partial charge in [-0.2, -0.15) is 5.10 Å². The van der Waals surface area contributed by atoms with Crippen LogP contribution < -0.4 is 4.80 Å². The summed E-state index contributed by atoms with van der Waals surface area (Å²) in [4.78, 5) is 5.29. The van der Waals surface area contributed by atoms with Crippen LogP contribution in [0.3, 0.4) is 0 Å². The number of nitrogens with zero attached hydrogens (tertiary/aromatic N) is 3. The SMILES string of the molecule is CCN=c1scc(-c2ccccc2F)n1N=C(C)CCc1ccccc1. The normalized spacial score (nSPS) is 12.6. The van der Waals surface area contributed by atoms with Crippen molar-refractivity contribution < 1.29 is 4.39 Å². The maximum absolute atomic E-state index is 14.3. The molecule has 0 atom stereocenters. The maximum Gasteiger partial charge on any atom is 0.206 e. The molecule has 0 N–H and O–H groups in total. The van der Waals surface area contributed by atoms with Crippen molar-refractivity contribution in [3.05, 3.63) is 76.2 Å². The minimum atomic E-state index is -0.251. The Kier molecular flexibility index (Phi) is 6.12. The van der Waals surface area contributed by atoms with E-state index in [1.807, 2.05) is 43.5 Å². The van der Waals surface area contributed by atoms with Crippen molar-refractivity contribution in [2.75, 3.05) is 6.54 Å². The molecule has 5 heteroatoms. The van der Waals surface area contributed by atoms with Crippen LogP contribution >= 0.6 is 11.3 Å². The van der Waals surface area contributed by atoms with Crippen LogP contribution in [0.4, 0.5) is 4.39 Å². The number of benzene rings is 2. The van der Waals surface area contributed by atoms with E-state index in [4.69, 9.17) is 5.10 Å². The van der Waals surface area contributed by atoms with Crippen LogP contribution in [-0.4, -0.2) is 16.9 Å². The number of thiazole rings is 1. The van der Waals surface area contributed by atoms with Crippen LogP contribution in [0.1, 0.15) is 25.8 Å². The molecule has 0 amide bonds. The molecule has 0 bridgehead atoms. The van der Waals surface area contributed by atoms with Crippen LogP contribution in [0.25, 0.3) is 11.3 Å². The fourth-order valence-electron chi connectivity index (χ4n) is 2.68. The Morgan fingerprint density at radius 1 is 1.08 bits per heavy atom. The van der Waals surface area contributed by atoms with Gasteiger partial charge in [0.05, 0.1) is 5.69 Å². The van der Waals surface area contributed by atoms with E-state index in [0.29, 0.717) is 12.1 Å². The first kappa shape index (κ1) is 18.3. The summed E-state index contributed by atoms with van der Waals surface area (Å²) in [5, 5.41) is 6.67. The Hall–Kier alpha value is -2.53. The number of halogens is 1. The molecule has 0 aliphatic rings. The second-order valence-corrected chi connectivity index (χ2v) is 6.83. The predicted molar refractivity (Wildman–Crippen MR) is 107 cm³/mol. The summed E-state index contributed by atoms with van der Waals surface area (Å²) < 4.78 is 16.0. The van der Waals surface area contributed by atoms with E-state index in [1.54, 1.807) is 16.8 Å². The Morgan fingerprint density at radius 3 is 2.54 bits per heavy atom. The summed E-state index contributed by atoms with van der Waals surface area (Å²) in [5.41, 5.74) is 3.55. The highest BCUT2D eigenvalue weighted by Crippen LogP contribution is 2.23. The van der Waals surface area contributed by atoms with Crippen LogP contribution in [-0.2, 0) is 6.42 Å². The molecule has 3 rings (SSSR count). The number of aromatic nitrogens is 1. The van der Waals surface area contributed by atoms with Crippen molar-refractivity contribution in [2.24, 2.45) is 10.1 Å². The highest BCUT2D eigenvalue weighted by molar-refractivity contribution is 7.07. The molecular weight excluding hydrogens is 345 g/mol. The molecule has 0 radical (unpaired) electrons. The molecule has 1 heterocycles. The van der Waals surface area contributed by atoms with Gasteiger partial charge in [-0.1, -0.05) is 42.5 Å². The lowest BCUT2D eigenvalue weighted by Crippen LogP contribution is -2.14. The van der Waals surface area contributed by atoms with Crippen molar-refractivity contribution >= 4 is 17.0 Å². The molecule has 0 unspecified atom stereocenters. The van der Waals surface area contributed by atoms with Gasteiger partial charge in [-0.15, -0.1) is 11.3 Å². The summed E-state index contributed by atoms with van der Waals surface area (Å²) >= 11 is 1.48. The third-order valence-corrected chi connectivity index (χ3v) is 4.87. The number of rotatable bonds is 6. The topological polar surface area (TPSA) is 29.6 Å². The first-order chi connectivity index (χ1) is 12.7. The van der Waals surface area contributed by atoms with Gasteiger partial charge in [-0.3, -0.25) is 4.99 Å². The van der Waals surface area contributed by atoms with Gasteiger partial charge in [0.1, 0.15) is 5.82 Å². The van der Waals surface area contributed by atoms with Crippen LogP contribution in [0.2, 0.25) is 0 Å². The Bertz CT molecular complexity index is 955. The summed E-state index contributed by atoms with van der Waals surface area (Å²) in [6.07, 6.45) is 1.77. The molecular formula is C21H22FN3S. The molecule has 2 aromatic carbocycles. The fourth-order valence-corrected chi connectivity index (χ4v) is 3.57. The van der Waals surface area contributed by atoms with Crippen molar-refractivity contribution in [3.63, 3.8) is 0 Å². The van der Waals surface area contributed by atoms with Crippen molar-refractivity contribution in [3.8, 4) is 11.3 Å². The number of hydrogen-bond donors (Lipinski definition) is 0. The minimum absolute atomic E-state index is 0.251. The first-order valence-corrected chi connectivity index (χ1v) is 9.61. The Balaban J connectivity index is 1.94. The molecule has 3 aromatic rings. The lowest BCUT2D eigenvalue weighted by molar-refractivity contribution is 0.629. The molecule has 26 heavy (non-hydrogen) atoms. The predicted octanol–water partition coefficient (Wildman–Crippen LogP) is 5.13. The second kappa shape index (κ2) is 8.72. The molecule has 3 nitrogen and oxygen atoms in total. The molecule has 0 saturated heterocycles. The van der Waals surface area contributed by atoms with Gasteiger partial charge in [0.15, 0.2) is 0 Å². The largest absolute Gasteiger partial charge is 0.258 e. The highest BCUT2D eigenvalue weighted by atomic mass is 32.1. The van der Waals surface area contributed by atoms with E-state index in [1.165, 1.54) is 23.0 Å². The van der Waals surface area contributed by atoms with Crippen molar-refractivity contribution in [1.29, 1.82) is 0 Å².